The Kier molecular flexibility index (Phi) is 5.88. The van der Waals surface area contributed by atoms with Crippen molar-refractivity contribution in [2.24, 2.45) is 5.73 Å². The van der Waals surface area contributed by atoms with Crippen LogP contribution in [0.2, 0.25) is 0 Å². The maximum absolute atomic E-state index is 8.61. The van der Waals surface area contributed by atoms with Gasteiger partial charge in [0.1, 0.15) is 5.82 Å². The Hall–Kier alpha value is -2.66. The van der Waals surface area contributed by atoms with Gasteiger partial charge in [-0.2, -0.15) is 15.3 Å². The Balaban J connectivity index is 0.000000924. The largest absolute Gasteiger partial charge is 0.368 e. The molecule has 1 fully saturated rings. The maximum Gasteiger partial charge on any atom is 0.222 e. The standard InChI is InChI=1S/C14H17N7.CH5N/c15-4-3-7-21-10-11(9-17-21)12-8-13(19-14(16)18-12)20-5-1-2-6-20;1-2/h8-10H,1-3,5-7H2,(H2,16,18,19);2H2,1H3. The van der Waals surface area contributed by atoms with Gasteiger partial charge in [0.2, 0.25) is 5.95 Å². The first-order valence-corrected chi connectivity index (χ1v) is 7.63. The second kappa shape index (κ2) is 8.10. The zero-order valence-electron chi connectivity index (χ0n) is 13.3. The van der Waals surface area contributed by atoms with Crippen LogP contribution in [0.1, 0.15) is 19.3 Å². The molecular formula is C15H22N8. The fourth-order valence-electron chi connectivity index (χ4n) is 2.49. The van der Waals surface area contributed by atoms with Crippen molar-refractivity contribution < 1.29 is 0 Å². The van der Waals surface area contributed by atoms with Crippen molar-refractivity contribution in [3.8, 4) is 17.3 Å². The summed E-state index contributed by atoms with van der Waals surface area (Å²) in [6.07, 6.45) is 6.43. The Labute approximate surface area is 135 Å². The van der Waals surface area contributed by atoms with E-state index in [9.17, 15) is 0 Å². The lowest BCUT2D eigenvalue weighted by atomic mass is 10.2. The second-order valence-electron chi connectivity index (χ2n) is 5.06. The molecule has 2 aromatic rings. The quantitative estimate of drug-likeness (QED) is 0.863. The summed E-state index contributed by atoms with van der Waals surface area (Å²) in [5.74, 6) is 1.15. The van der Waals surface area contributed by atoms with E-state index in [1.54, 1.807) is 10.9 Å². The van der Waals surface area contributed by atoms with Crippen LogP contribution in [0.4, 0.5) is 11.8 Å². The molecule has 0 bridgehead atoms. The second-order valence-corrected chi connectivity index (χ2v) is 5.06. The number of nitrogen functional groups attached to an aromatic ring is 1. The SMILES string of the molecule is CN.N#CCCn1cc(-c2cc(N3CCCC3)nc(N)n2)cn1. The van der Waals surface area contributed by atoms with E-state index in [-0.39, 0.29) is 5.95 Å². The molecule has 3 heterocycles. The number of rotatable bonds is 4. The molecule has 23 heavy (non-hydrogen) atoms. The van der Waals surface area contributed by atoms with E-state index in [1.807, 2.05) is 12.3 Å². The van der Waals surface area contributed by atoms with E-state index in [0.29, 0.717) is 13.0 Å². The number of hydrogen-bond acceptors (Lipinski definition) is 7. The summed E-state index contributed by atoms with van der Waals surface area (Å²) < 4.78 is 1.74. The molecule has 0 amide bonds. The summed E-state index contributed by atoms with van der Waals surface area (Å²) in [7, 11) is 1.50. The molecule has 0 aromatic carbocycles. The van der Waals surface area contributed by atoms with Gasteiger partial charge in [0, 0.05) is 30.9 Å². The average Bonchev–Trinajstić information content (AvgIpc) is 3.26. The van der Waals surface area contributed by atoms with Gasteiger partial charge in [0.25, 0.3) is 0 Å². The zero-order valence-corrected chi connectivity index (χ0v) is 13.3. The molecule has 2 aromatic heterocycles. The number of aryl methyl sites for hydroxylation is 1. The predicted octanol–water partition coefficient (Wildman–Crippen LogP) is 1.01. The summed E-state index contributed by atoms with van der Waals surface area (Å²) in [4.78, 5) is 10.8. The highest BCUT2D eigenvalue weighted by Crippen LogP contribution is 2.24. The van der Waals surface area contributed by atoms with Crippen molar-refractivity contribution in [2.45, 2.75) is 25.8 Å². The van der Waals surface area contributed by atoms with Crippen molar-refractivity contribution in [2.75, 3.05) is 30.8 Å². The van der Waals surface area contributed by atoms with Gasteiger partial charge in [-0.05, 0) is 19.9 Å². The van der Waals surface area contributed by atoms with E-state index >= 15 is 0 Å². The molecule has 0 radical (unpaired) electrons. The topological polar surface area (TPSA) is 123 Å². The van der Waals surface area contributed by atoms with Crippen LogP contribution in [0.3, 0.4) is 0 Å². The first kappa shape index (κ1) is 16.7. The monoisotopic (exact) mass is 314 g/mol. The third-order valence-electron chi connectivity index (χ3n) is 3.54. The number of nitrogens with two attached hydrogens (primary N) is 2. The van der Waals surface area contributed by atoms with Crippen molar-refractivity contribution in [1.82, 2.24) is 19.7 Å². The average molecular weight is 314 g/mol. The van der Waals surface area contributed by atoms with Gasteiger partial charge in [-0.15, -0.1) is 0 Å². The lowest BCUT2D eigenvalue weighted by molar-refractivity contribution is 0.628. The van der Waals surface area contributed by atoms with Crippen molar-refractivity contribution in [1.29, 1.82) is 5.26 Å². The van der Waals surface area contributed by atoms with Crippen LogP contribution < -0.4 is 16.4 Å². The normalized spacial score (nSPS) is 13.3. The summed E-state index contributed by atoms with van der Waals surface area (Å²) in [5, 5.41) is 12.8. The minimum atomic E-state index is 0.277. The number of hydrogen-bond donors (Lipinski definition) is 2. The van der Waals surface area contributed by atoms with Gasteiger partial charge in [-0.1, -0.05) is 0 Å². The first-order valence-electron chi connectivity index (χ1n) is 7.63. The summed E-state index contributed by atoms with van der Waals surface area (Å²) in [6.45, 7) is 2.60. The molecule has 0 atom stereocenters. The van der Waals surface area contributed by atoms with Gasteiger partial charge in [-0.3, -0.25) is 4.68 Å². The minimum Gasteiger partial charge on any atom is -0.368 e. The number of nitriles is 1. The van der Waals surface area contributed by atoms with E-state index in [0.717, 1.165) is 30.2 Å². The molecule has 3 rings (SSSR count). The third-order valence-corrected chi connectivity index (χ3v) is 3.54. The van der Waals surface area contributed by atoms with E-state index < -0.39 is 0 Å². The molecule has 0 saturated carbocycles. The Bertz CT molecular complexity index is 666. The Morgan fingerprint density at radius 2 is 2.00 bits per heavy atom. The van der Waals surface area contributed by atoms with Crippen molar-refractivity contribution >= 4 is 11.8 Å². The number of anilines is 2. The maximum atomic E-state index is 8.61. The lowest BCUT2D eigenvalue weighted by Gasteiger charge is -2.16. The summed E-state index contributed by atoms with van der Waals surface area (Å²) in [5.41, 5.74) is 12.0. The molecule has 8 nitrogen and oxygen atoms in total. The molecule has 1 aliphatic heterocycles. The molecule has 0 spiro atoms. The van der Waals surface area contributed by atoms with Gasteiger partial charge < -0.3 is 16.4 Å². The van der Waals surface area contributed by atoms with Crippen LogP contribution in [-0.2, 0) is 6.54 Å². The van der Waals surface area contributed by atoms with Crippen LogP contribution in [0.5, 0.6) is 0 Å². The highest BCUT2D eigenvalue weighted by Gasteiger charge is 2.16. The fourth-order valence-corrected chi connectivity index (χ4v) is 2.49. The molecule has 4 N–H and O–H groups in total. The zero-order chi connectivity index (χ0) is 16.7. The summed E-state index contributed by atoms with van der Waals surface area (Å²) >= 11 is 0. The third kappa shape index (κ3) is 4.17. The number of nitrogens with zero attached hydrogens (tertiary/aromatic N) is 6. The van der Waals surface area contributed by atoms with Gasteiger partial charge in [0.05, 0.1) is 30.9 Å². The Morgan fingerprint density at radius 1 is 1.26 bits per heavy atom. The number of aromatic nitrogens is 4. The molecule has 8 heteroatoms. The smallest absolute Gasteiger partial charge is 0.222 e. The molecule has 0 aliphatic carbocycles. The molecular weight excluding hydrogens is 292 g/mol. The van der Waals surface area contributed by atoms with Gasteiger partial charge in [0.15, 0.2) is 0 Å². The van der Waals surface area contributed by atoms with Crippen LogP contribution in [0.15, 0.2) is 18.5 Å². The minimum absolute atomic E-state index is 0.277. The van der Waals surface area contributed by atoms with Crippen LogP contribution in [-0.4, -0.2) is 39.9 Å². The molecule has 122 valence electrons. The highest BCUT2D eigenvalue weighted by molar-refractivity contribution is 5.63. The van der Waals surface area contributed by atoms with E-state index in [1.165, 1.54) is 19.9 Å². The van der Waals surface area contributed by atoms with E-state index in [2.05, 4.69) is 31.8 Å². The first-order chi connectivity index (χ1) is 11.3. The Morgan fingerprint density at radius 3 is 2.70 bits per heavy atom. The van der Waals surface area contributed by atoms with E-state index in [4.69, 9.17) is 11.0 Å². The van der Waals surface area contributed by atoms with Crippen LogP contribution >= 0.6 is 0 Å². The molecule has 1 aliphatic rings. The molecule has 1 saturated heterocycles. The van der Waals surface area contributed by atoms with Gasteiger partial charge >= 0.3 is 0 Å². The summed E-state index contributed by atoms with van der Waals surface area (Å²) in [6, 6.07) is 4.06. The highest BCUT2D eigenvalue weighted by atomic mass is 15.3. The van der Waals surface area contributed by atoms with Crippen molar-refractivity contribution in [3.63, 3.8) is 0 Å². The lowest BCUT2D eigenvalue weighted by Crippen LogP contribution is -2.19. The predicted molar refractivity (Wildman–Crippen MR) is 89.5 cm³/mol. The van der Waals surface area contributed by atoms with Crippen LogP contribution in [0, 0.1) is 11.3 Å². The fraction of sp³-hybridized carbons (Fsp3) is 0.467. The van der Waals surface area contributed by atoms with Gasteiger partial charge in [-0.25, -0.2) is 4.98 Å². The van der Waals surface area contributed by atoms with Crippen molar-refractivity contribution in [3.05, 3.63) is 18.5 Å². The van der Waals surface area contributed by atoms with Crippen LogP contribution in [0.25, 0.3) is 11.3 Å². The molecule has 0 unspecified atom stereocenters.